The smallest absolute Gasteiger partial charge is 0.161 e. The van der Waals surface area contributed by atoms with Crippen LogP contribution in [0.3, 0.4) is 0 Å². The Bertz CT molecular complexity index is 2240. The Labute approximate surface area is 262 Å². The van der Waals surface area contributed by atoms with Gasteiger partial charge in [0.2, 0.25) is 0 Å². The summed E-state index contributed by atoms with van der Waals surface area (Å²) < 4.78 is 31.2. The second-order valence-corrected chi connectivity index (χ2v) is 11.5. The van der Waals surface area contributed by atoms with E-state index in [1.807, 2.05) is 18.2 Å². The maximum Gasteiger partial charge on any atom is 0.161 e. The summed E-state index contributed by atoms with van der Waals surface area (Å²) in [6.45, 7) is 4.05. The topological polar surface area (TPSA) is 32.5 Å². The molecule has 4 heteroatoms. The molecule has 0 bridgehead atoms. The van der Waals surface area contributed by atoms with Crippen LogP contribution in [0.25, 0.3) is 44.2 Å². The van der Waals surface area contributed by atoms with Crippen LogP contribution >= 0.6 is 0 Å². The predicted octanol–water partition coefficient (Wildman–Crippen LogP) is 10.9. The number of furan rings is 1. The van der Waals surface area contributed by atoms with Crippen LogP contribution in [0, 0.1) is 20.7 Å². The number of aromatic nitrogens is 1. The molecule has 4 nitrogen and oxygen atoms in total. The summed E-state index contributed by atoms with van der Waals surface area (Å²) >= 11 is 0. The molecule has 8 rings (SSSR count). The van der Waals surface area contributed by atoms with Crippen molar-refractivity contribution in [2.24, 2.45) is 0 Å². The van der Waals surface area contributed by atoms with Gasteiger partial charge in [0.05, 0.1) is 17.1 Å². The maximum atomic E-state index is 8.19. The number of hydrogen-bond donors (Lipinski definition) is 0. The molecule has 5 aromatic carbocycles. The van der Waals surface area contributed by atoms with Gasteiger partial charge in [0.15, 0.2) is 11.2 Å². The lowest BCUT2D eigenvalue weighted by Gasteiger charge is -2.34. The van der Waals surface area contributed by atoms with Crippen molar-refractivity contribution in [3.63, 3.8) is 0 Å². The van der Waals surface area contributed by atoms with Crippen molar-refractivity contribution >= 4 is 44.7 Å². The summed E-state index contributed by atoms with van der Waals surface area (Å²) in [5.41, 5.74) is 11.7. The number of aryl methyl sites for hydroxylation is 3. The molecule has 0 unspecified atom stereocenters. The van der Waals surface area contributed by atoms with Gasteiger partial charge in [-0.05, 0) is 74.1 Å². The summed E-state index contributed by atoms with van der Waals surface area (Å²) in [6, 6.07) is 40.1. The van der Waals surface area contributed by atoms with E-state index in [0.29, 0.717) is 11.2 Å². The molecule has 7 aromatic rings. The van der Waals surface area contributed by atoms with Crippen LogP contribution in [0.4, 0.5) is 22.7 Å². The fraction of sp³-hybridized carbons (Fsp3) is 0.125. The average Bonchev–Trinajstić information content (AvgIpc) is 3.60. The van der Waals surface area contributed by atoms with E-state index in [2.05, 4.69) is 133 Å². The minimum absolute atomic E-state index is 0.0260. The second-order valence-electron chi connectivity index (χ2n) is 11.5. The van der Waals surface area contributed by atoms with Crippen molar-refractivity contribution in [3.8, 4) is 22.3 Å². The van der Waals surface area contributed by atoms with E-state index in [1.165, 1.54) is 0 Å². The third-order valence-corrected chi connectivity index (χ3v) is 8.83. The van der Waals surface area contributed by atoms with Crippen LogP contribution < -0.4 is 9.80 Å². The van der Waals surface area contributed by atoms with Gasteiger partial charge in [-0.2, -0.15) is 0 Å². The standard InChI is InChI=1S/C40H33N3O/c1-25-18-19-26(2)36(24-25)43-28(4)42(35-21-20-33-34-22-23-41-27(3)39(34)44-40(33)38(35)43)37-31(29-12-7-5-8-13-29)16-11-17-32(37)30-14-9-6-10-15-30/h5-24,28H,1-4H3/t28-/m0/s1/i3D3. The summed E-state index contributed by atoms with van der Waals surface area (Å²) in [4.78, 5) is 9.02. The van der Waals surface area contributed by atoms with E-state index in [-0.39, 0.29) is 11.9 Å². The Morgan fingerprint density at radius 2 is 1.32 bits per heavy atom. The van der Waals surface area contributed by atoms with Gasteiger partial charge in [0.1, 0.15) is 11.9 Å². The van der Waals surface area contributed by atoms with Gasteiger partial charge in [0, 0.05) is 37.9 Å². The van der Waals surface area contributed by atoms with Crippen LogP contribution in [0.15, 0.2) is 126 Å². The van der Waals surface area contributed by atoms with E-state index < -0.39 is 6.85 Å². The maximum absolute atomic E-state index is 8.19. The van der Waals surface area contributed by atoms with Crippen LogP contribution in [0.1, 0.15) is 27.9 Å². The highest BCUT2D eigenvalue weighted by atomic mass is 16.3. The van der Waals surface area contributed by atoms with Gasteiger partial charge in [-0.25, -0.2) is 0 Å². The van der Waals surface area contributed by atoms with E-state index in [4.69, 9.17) is 8.53 Å². The van der Waals surface area contributed by atoms with Crippen molar-refractivity contribution in [1.29, 1.82) is 0 Å². The Morgan fingerprint density at radius 1 is 0.659 bits per heavy atom. The predicted molar refractivity (Wildman–Crippen MR) is 183 cm³/mol. The van der Waals surface area contributed by atoms with Crippen molar-refractivity contribution in [2.75, 3.05) is 9.80 Å². The van der Waals surface area contributed by atoms with Gasteiger partial charge in [-0.1, -0.05) is 91.0 Å². The molecule has 0 saturated heterocycles. The summed E-state index contributed by atoms with van der Waals surface area (Å²) in [5, 5.41) is 1.60. The first-order chi connectivity index (χ1) is 22.7. The van der Waals surface area contributed by atoms with E-state index in [1.54, 1.807) is 6.20 Å². The molecule has 0 aliphatic carbocycles. The minimum atomic E-state index is -2.41. The Balaban J connectivity index is 1.48. The normalized spacial score (nSPS) is 15.8. The quantitative estimate of drug-likeness (QED) is 0.209. The largest absolute Gasteiger partial charge is 0.452 e. The van der Waals surface area contributed by atoms with E-state index in [0.717, 1.165) is 66.9 Å². The zero-order valence-corrected chi connectivity index (χ0v) is 24.9. The minimum Gasteiger partial charge on any atom is -0.452 e. The highest BCUT2D eigenvalue weighted by Crippen LogP contribution is 2.56. The fourth-order valence-corrected chi connectivity index (χ4v) is 6.79. The Hall–Kier alpha value is -5.35. The van der Waals surface area contributed by atoms with Crippen molar-refractivity contribution in [1.82, 2.24) is 4.98 Å². The van der Waals surface area contributed by atoms with Gasteiger partial charge < -0.3 is 14.2 Å². The Morgan fingerprint density at radius 3 is 2.00 bits per heavy atom. The highest BCUT2D eigenvalue weighted by molar-refractivity contribution is 6.15. The number of pyridine rings is 1. The highest BCUT2D eigenvalue weighted by Gasteiger charge is 2.40. The van der Waals surface area contributed by atoms with Gasteiger partial charge in [0.25, 0.3) is 0 Å². The number of benzene rings is 5. The number of fused-ring (bicyclic) bond motifs is 5. The molecule has 214 valence electrons. The first kappa shape index (κ1) is 23.1. The van der Waals surface area contributed by atoms with Crippen LogP contribution in [-0.2, 0) is 0 Å². The summed E-state index contributed by atoms with van der Waals surface area (Å²) in [5.74, 6) is 0. The molecule has 3 heterocycles. The molecule has 1 aliphatic heterocycles. The molecule has 0 N–H and O–H groups in total. The Kier molecular flexibility index (Phi) is 5.33. The molecule has 0 saturated carbocycles. The third-order valence-electron chi connectivity index (χ3n) is 8.83. The first-order valence-corrected chi connectivity index (χ1v) is 15.0. The van der Waals surface area contributed by atoms with Gasteiger partial charge in [-0.3, -0.25) is 4.98 Å². The zero-order valence-electron chi connectivity index (χ0n) is 27.9. The van der Waals surface area contributed by atoms with Crippen LogP contribution in [0.2, 0.25) is 0 Å². The number of nitrogens with zero attached hydrogens (tertiary/aromatic N) is 3. The molecule has 1 aliphatic rings. The number of anilines is 4. The molecule has 44 heavy (non-hydrogen) atoms. The average molecular weight is 575 g/mol. The lowest BCUT2D eigenvalue weighted by atomic mass is 9.94. The lowest BCUT2D eigenvalue weighted by molar-refractivity contribution is 0.661. The zero-order chi connectivity index (χ0) is 32.4. The van der Waals surface area contributed by atoms with E-state index in [9.17, 15) is 0 Å². The summed E-state index contributed by atoms with van der Waals surface area (Å²) in [6.07, 6.45) is 1.39. The molecule has 0 spiro atoms. The third kappa shape index (κ3) is 3.95. The first-order valence-electron chi connectivity index (χ1n) is 16.5. The number of rotatable bonds is 4. The molecule has 0 amide bonds. The monoisotopic (exact) mass is 574 g/mol. The summed E-state index contributed by atoms with van der Waals surface area (Å²) in [7, 11) is 0. The lowest BCUT2D eigenvalue weighted by Crippen LogP contribution is -2.36. The molecule has 0 fully saturated rings. The van der Waals surface area contributed by atoms with Gasteiger partial charge >= 0.3 is 0 Å². The molecule has 1 atom stereocenters. The molecule has 0 radical (unpaired) electrons. The van der Waals surface area contributed by atoms with Crippen molar-refractivity contribution in [3.05, 3.63) is 138 Å². The molecule has 2 aromatic heterocycles. The molecular weight excluding hydrogens is 538 g/mol. The van der Waals surface area contributed by atoms with Gasteiger partial charge in [-0.15, -0.1) is 0 Å². The van der Waals surface area contributed by atoms with Crippen LogP contribution in [0.5, 0.6) is 0 Å². The second kappa shape index (κ2) is 10.1. The number of para-hydroxylation sites is 1. The SMILES string of the molecule is [2H]C([2H])([2H])c1nccc2c1oc1c3c(ccc12)N(c1c(-c2ccccc2)cccc1-c1ccccc1)[C@H](C)N3c1cc(C)ccc1C. The van der Waals surface area contributed by atoms with Crippen molar-refractivity contribution in [2.45, 2.75) is 33.8 Å². The van der Waals surface area contributed by atoms with E-state index >= 15 is 0 Å². The van der Waals surface area contributed by atoms with Crippen molar-refractivity contribution < 1.29 is 8.53 Å². The fourth-order valence-electron chi connectivity index (χ4n) is 6.79. The van der Waals surface area contributed by atoms with Crippen LogP contribution in [-0.4, -0.2) is 11.1 Å². The molecular formula is C40H33N3O. The number of hydrogen-bond acceptors (Lipinski definition) is 4.